The third-order valence-corrected chi connectivity index (χ3v) is 2.98. The Balaban J connectivity index is 0.000000229. The van der Waals surface area contributed by atoms with E-state index in [-0.39, 0.29) is 5.97 Å². The Morgan fingerprint density at radius 3 is 1.60 bits per heavy atom. The predicted octanol–water partition coefficient (Wildman–Crippen LogP) is 3.79. The number of hydrogen-bond donors (Lipinski definition) is 0. The molecule has 0 aromatic rings. The van der Waals surface area contributed by atoms with Gasteiger partial charge in [-0.15, -0.1) is 0 Å². The van der Waals surface area contributed by atoms with Crippen LogP contribution < -0.4 is 0 Å². The summed E-state index contributed by atoms with van der Waals surface area (Å²) in [6.45, 7) is 7.65. The molecular weight excluding hydrogens is 188 g/mol. The van der Waals surface area contributed by atoms with Crippen molar-refractivity contribution in [2.75, 3.05) is 6.61 Å². The Labute approximate surface area is 94.4 Å². The minimum atomic E-state index is -0.211. The molecule has 90 valence electrons. The average Bonchev–Trinajstić information content (AvgIpc) is 2.85. The highest BCUT2D eigenvalue weighted by molar-refractivity contribution is 5.65. The monoisotopic (exact) mass is 214 g/mol. The van der Waals surface area contributed by atoms with Crippen LogP contribution >= 0.6 is 0 Å². The molecule has 2 bridgehead atoms. The van der Waals surface area contributed by atoms with Crippen LogP contribution in [0.15, 0.2) is 0 Å². The lowest BCUT2D eigenvalue weighted by atomic mass is 10.0. The smallest absolute Gasteiger partial charge is 0.302 e. The summed E-state index contributed by atoms with van der Waals surface area (Å²) in [6, 6.07) is 0. The van der Waals surface area contributed by atoms with Gasteiger partial charge in [0.2, 0.25) is 0 Å². The normalized spacial score (nSPS) is 25.9. The molecule has 2 aliphatic rings. The van der Waals surface area contributed by atoms with E-state index in [1.807, 2.05) is 13.8 Å². The predicted molar refractivity (Wildman–Crippen MR) is 63.7 cm³/mol. The van der Waals surface area contributed by atoms with Crippen LogP contribution in [0.2, 0.25) is 0 Å². The number of hydrogen-bond acceptors (Lipinski definition) is 2. The third-order valence-electron chi connectivity index (χ3n) is 2.98. The van der Waals surface area contributed by atoms with Gasteiger partial charge in [0.15, 0.2) is 0 Å². The first-order valence-corrected chi connectivity index (χ1v) is 6.35. The Hall–Kier alpha value is -0.530. The van der Waals surface area contributed by atoms with Crippen molar-refractivity contribution in [1.82, 2.24) is 0 Å². The van der Waals surface area contributed by atoms with E-state index in [0.717, 1.165) is 0 Å². The minimum Gasteiger partial charge on any atom is -0.466 e. The first-order chi connectivity index (χ1) is 7.22. The fourth-order valence-corrected chi connectivity index (χ4v) is 2.38. The van der Waals surface area contributed by atoms with Gasteiger partial charge in [-0.1, -0.05) is 39.5 Å². The maximum absolute atomic E-state index is 9.82. The summed E-state index contributed by atoms with van der Waals surface area (Å²) in [6.07, 6.45) is 7.82. The van der Waals surface area contributed by atoms with Crippen molar-refractivity contribution in [2.24, 2.45) is 11.8 Å². The van der Waals surface area contributed by atoms with Gasteiger partial charge in [-0.3, -0.25) is 4.79 Å². The number of fused-ring (bicyclic) bond motifs is 2. The third kappa shape index (κ3) is 6.53. The molecule has 2 aliphatic carbocycles. The molecular formula is C13H26O2. The highest BCUT2D eigenvalue weighted by Crippen LogP contribution is 2.43. The lowest BCUT2D eigenvalue weighted by Gasteiger charge is -2.05. The molecule has 2 heteroatoms. The highest BCUT2D eigenvalue weighted by atomic mass is 16.5. The summed E-state index contributed by atoms with van der Waals surface area (Å²) >= 11 is 0. The van der Waals surface area contributed by atoms with Crippen LogP contribution in [-0.4, -0.2) is 12.6 Å². The van der Waals surface area contributed by atoms with Crippen molar-refractivity contribution in [1.29, 1.82) is 0 Å². The SMILES string of the molecule is C1CC2CCC1C2.CC.CCOC(C)=O. The molecule has 2 rings (SSSR count). The average molecular weight is 214 g/mol. The fourth-order valence-electron chi connectivity index (χ4n) is 2.38. The maximum atomic E-state index is 9.82. The number of carbonyl (C=O) groups is 1. The zero-order valence-corrected chi connectivity index (χ0v) is 10.7. The van der Waals surface area contributed by atoms with Crippen molar-refractivity contribution < 1.29 is 9.53 Å². The van der Waals surface area contributed by atoms with E-state index in [1.54, 1.807) is 39.0 Å². The van der Waals surface area contributed by atoms with Crippen LogP contribution in [0.25, 0.3) is 0 Å². The molecule has 2 fully saturated rings. The number of carbonyl (C=O) groups excluding carboxylic acids is 1. The summed E-state index contributed by atoms with van der Waals surface area (Å²) < 4.78 is 4.40. The second-order valence-electron chi connectivity index (χ2n) is 4.05. The molecule has 0 spiro atoms. The van der Waals surface area contributed by atoms with Gasteiger partial charge in [0, 0.05) is 6.92 Å². The Bertz CT molecular complexity index is 148. The molecule has 2 saturated carbocycles. The summed E-state index contributed by atoms with van der Waals surface area (Å²) in [5.41, 5.74) is 0. The fraction of sp³-hybridized carbons (Fsp3) is 0.923. The zero-order valence-electron chi connectivity index (χ0n) is 10.7. The second kappa shape index (κ2) is 8.75. The molecule has 0 aromatic carbocycles. The van der Waals surface area contributed by atoms with Gasteiger partial charge < -0.3 is 4.74 Å². The summed E-state index contributed by atoms with van der Waals surface area (Å²) in [5, 5.41) is 0. The molecule has 0 radical (unpaired) electrons. The van der Waals surface area contributed by atoms with Gasteiger partial charge >= 0.3 is 5.97 Å². The molecule has 0 aromatic heterocycles. The van der Waals surface area contributed by atoms with Crippen LogP contribution in [0.5, 0.6) is 0 Å². The van der Waals surface area contributed by atoms with Gasteiger partial charge in [-0.05, 0) is 25.2 Å². The quantitative estimate of drug-likeness (QED) is 0.621. The molecule has 0 saturated heterocycles. The van der Waals surface area contributed by atoms with E-state index in [0.29, 0.717) is 6.61 Å². The van der Waals surface area contributed by atoms with Crippen LogP contribution in [-0.2, 0) is 9.53 Å². The Morgan fingerprint density at radius 1 is 1.13 bits per heavy atom. The van der Waals surface area contributed by atoms with Crippen molar-refractivity contribution in [2.45, 2.75) is 59.8 Å². The van der Waals surface area contributed by atoms with Crippen LogP contribution in [0.4, 0.5) is 0 Å². The Morgan fingerprint density at radius 2 is 1.53 bits per heavy atom. The number of esters is 1. The van der Waals surface area contributed by atoms with Crippen molar-refractivity contribution in [3.05, 3.63) is 0 Å². The van der Waals surface area contributed by atoms with Gasteiger partial charge in [0.25, 0.3) is 0 Å². The number of ether oxygens (including phenoxy) is 1. The molecule has 15 heavy (non-hydrogen) atoms. The van der Waals surface area contributed by atoms with Crippen LogP contribution in [0.3, 0.4) is 0 Å². The van der Waals surface area contributed by atoms with Crippen LogP contribution in [0, 0.1) is 11.8 Å². The molecule has 0 unspecified atom stereocenters. The molecule has 0 amide bonds. The molecule has 0 heterocycles. The molecule has 0 N–H and O–H groups in total. The van der Waals surface area contributed by atoms with E-state index in [1.165, 1.54) is 18.8 Å². The first kappa shape index (κ1) is 14.5. The Kier molecular flexibility index (Phi) is 8.44. The topological polar surface area (TPSA) is 26.3 Å². The zero-order chi connectivity index (χ0) is 11.7. The van der Waals surface area contributed by atoms with E-state index < -0.39 is 0 Å². The van der Waals surface area contributed by atoms with E-state index >= 15 is 0 Å². The van der Waals surface area contributed by atoms with E-state index in [2.05, 4.69) is 4.74 Å². The lowest BCUT2D eigenvalue weighted by molar-refractivity contribution is -0.140. The van der Waals surface area contributed by atoms with Gasteiger partial charge in [0.05, 0.1) is 6.61 Å². The first-order valence-electron chi connectivity index (χ1n) is 6.35. The lowest BCUT2D eigenvalue weighted by Crippen LogP contribution is -1.95. The number of rotatable bonds is 1. The largest absolute Gasteiger partial charge is 0.466 e. The van der Waals surface area contributed by atoms with Gasteiger partial charge in [-0.25, -0.2) is 0 Å². The molecule has 0 aliphatic heterocycles. The summed E-state index contributed by atoms with van der Waals surface area (Å²) in [7, 11) is 0. The molecule has 2 nitrogen and oxygen atoms in total. The van der Waals surface area contributed by atoms with Crippen LogP contribution in [0.1, 0.15) is 59.8 Å². The van der Waals surface area contributed by atoms with Crippen molar-refractivity contribution in [3.63, 3.8) is 0 Å². The van der Waals surface area contributed by atoms with Crippen molar-refractivity contribution >= 4 is 5.97 Å². The van der Waals surface area contributed by atoms with E-state index in [4.69, 9.17) is 0 Å². The summed E-state index contributed by atoms with van der Waals surface area (Å²) in [5.74, 6) is 2.13. The highest BCUT2D eigenvalue weighted by Gasteiger charge is 2.30. The van der Waals surface area contributed by atoms with Crippen molar-refractivity contribution in [3.8, 4) is 0 Å². The maximum Gasteiger partial charge on any atom is 0.302 e. The minimum absolute atomic E-state index is 0.211. The standard InChI is InChI=1S/C7H12.C4H8O2.C2H6/c1-2-7-4-3-6(1)5-7;1-3-6-4(2)5;1-2/h6-7H,1-5H2;3H2,1-2H3;1-2H3. The van der Waals surface area contributed by atoms with Gasteiger partial charge in [-0.2, -0.15) is 0 Å². The molecule has 0 atom stereocenters. The summed E-state index contributed by atoms with van der Waals surface area (Å²) in [4.78, 5) is 9.82. The van der Waals surface area contributed by atoms with Gasteiger partial charge in [0.1, 0.15) is 0 Å². The van der Waals surface area contributed by atoms with E-state index in [9.17, 15) is 4.79 Å². The second-order valence-corrected chi connectivity index (χ2v) is 4.05.